The van der Waals surface area contributed by atoms with Crippen LogP contribution >= 0.6 is 0 Å². The van der Waals surface area contributed by atoms with Crippen molar-refractivity contribution in [2.45, 2.75) is 31.8 Å². The van der Waals surface area contributed by atoms with Gasteiger partial charge in [-0.25, -0.2) is 0 Å². The normalized spacial score (nSPS) is 17.7. The highest BCUT2D eigenvalue weighted by atomic mass is 15.1. The van der Waals surface area contributed by atoms with E-state index in [0.717, 1.165) is 13.1 Å². The van der Waals surface area contributed by atoms with Crippen LogP contribution in [0.3, 0.4) is 0 Å². The number of pyridine rings is 2. The van der Waals surface area contributed by atoms with Crippen LogP contribution in [0.25, 0.3) is 0 Å². The van der Waals surface area contributed by atoms with Crippen molar-refractivity contribution >= 4 is 5.69 Å². The maximum atomic E-state index is 4.08. The summed E-state index contributed by atoms with van der Waals surface area (Å²) in [7, 11) is 0. The second kappa shape index (κ2) is 6.68. The molecular formula is C17H22N4. The molecule has 0 radical (unpaired) electrons. The smallest absolute Gasteiger partial charge is 0.0397 e. The van der Waals surface area contributed by atoms with Gasteiger partial charge in [0.2, 0.25) is 0 Å². The second-order valence-electron chi connectivity index (χ2n) is 5.64. The minimum absolute atomic E-state index is 0.380. The van der Waals surface area contributed by atoms with E-state index in [9.17, 15) is 0 Å². The van der Waals surface area contributed by atoms with Crippen LogP contribution in [-0.4, -0.2) is 29.1 Å². The molecule has 4 nitrogen and oxygen atoms in total. The lowest BCUT2D eigenvalue weighted by Gasteiger charge is -2.35. The number of nitrogens with one attached hydrogen (secondary N) is 1. The van der Waals surface area contributed by atoms with Gasteiger partial charge in [0.1, 0.15) is 0 Å². The van der Waals surface area contributed by atoms with Crippen molar-refractivity contribution in [3.05, 3.63) is 54.6 Å². The van der Waals surface area contributed by atoms with Crippen molar-refractivity contribution in [1.29, 1.82) is 0 Å². The van der Waals surface area contributed by atoms with E-state index in [0.29, 0.717) is 12.1 Å². The minimum Gasteiger partial charge on any atom is -0.371 e. The number of anilines is 1. The second-order valence-corrected chi connectivity index (χ2v) is 5.64. The lowest BCUT2D eigenvalue weighted by Crippen LogP contribution is -2.43. The molecule has 1 saturated heterocycles. The van der Waals surface area contributed by atoms with Crippen molar-refractivity contribution in [3.8, 4) is 0 Å². The third kappa shape index (κ3) is 3.58. The lowest BCUT2D eigenvalue weighted by molar-refractivity contribution is 0.381. The molecule has 1 fully saturated rings. The van der Waals surface area contributed by atoms with Gasteiger partial charge in [-0.05, 0) is 49.6 Å². The van der Waals surface area contributed by atoms with Crippen LogP contribution in [0.5, 0.6) is 0 Å². The zero-order valence-electron chi connectivity index (χ0n) is 12.4. The number of rotatable bonds is 4. The summed E-state index contributed by atoms with van der Waals surface area (Å²) in [5.74, 6) is 0. The van der Waals surface area contributed by atoms with Crippen molar-refractivity contribution in [3.63, 3.8) is 0 Å². The maximum Gasteiger partial charge on any atom is 0.0397 e. The zero-order chi connectivity index (χ0) is 14.5. The molecule has 2 aromatic heterocycles. The number of piperidine rings is 1. The van der Waals surface area contributed by atoms with Gasteiger partial charge in [-0.2, -0.15) is 0 Å². The molecule has 1 N–H and O–H groups in total. The molecular weight excluding hydrogens is 260 g/mol. The summed E-state index contributed by atoms with van der Waals surface area (Å²) in [5, 5.41) is 3.74. The summed E-state index contributed by atoms with van der Waals surface area (Å²) >= 11 is 0. The molecule has 3 heterocycles. The summed E-state index contributed by atoms with van der Waals surface area (Å²) in [6, 6.07) is 9.32. The van der Waals surface area contributed by atoms with Crippen molar-refractivity contribution in [1.82, 2.24) is 15.3 Å². The predicted molar refractivity (Wildman–Crippen MR) is 85.3 cm³/mol. The summed E-state index contributed by atoms with van der Waals surface area (Å²) in [6.07, 6.45) is 9.81. The van der Waals surface area contributed by atoms with E-state index >= 15 is 0 Å². The van der Waals surface area contributed by atoms with Gasteiger partial charge >= 0.3 is 0 Å². The number of hydrogen-bond acceptors (Lipinski definition) is 4. The first kappa shape index (κ1) is 14.0. The molecule has 1 atom stereocenters. The molecule has 1 aliphatic rings. The lowest BCUT2D eigenvalue weighted by atomic mass is 10.0. The molecule has 0 saturated carbocycles. The Labute approximate surface area is 126 Å². The molecule has 1 unspecified atom stereocenters. The average molecular weight is 282 g/mol. The highest BCUT2D eigenvalue weighted by molar-refractivity contribution is 5.44. The van der Waals surface area contributed by atoms with E-state index in [-0.39, 0.29) is 0 Å². The molecule has 21 heavy (non-hydrogen) atoms. The molecule has 0 bridgehead atoms. The fourth-order valence-corrected chi connectivity index (χ4v) is 2.96. The molecule has 0 aliphatic carbocycles. The molecule has 2 aromatic rings. The first-order valence-electron chi connectivity index (χ1n) is 7.64. The van der Waals surface area contributed by atoms with Crippen LogP contribution in [0.1, 0.15) is 31.4 Å². The van der Waals surface area contributed by atoms with E-state index < -0.39 is 0 Å². The highest BCUT2D eigenvalue weighted by Gasteiger charge is 2.20. The Kier molecular flexibility index (Phi) is 4.46. The van der Waals surface area contributed by atoms with Crippen LogP contribution in [0, 0.1) is 0 Å². The summed E-state index contributed by atoms with van der Waals surface area (Å²) in [6.45, 7) is 4.43. The maximum absolute atomic E-state index is 4.08. The third-order valence-electron chi connectivity index (χ3n) is 4.21. The summed E-state index contributed by atoms with van der Waals surface area (Å²) in [5.41, 5.74) is 2.59. The van der Waals surface area contributed by atoms with E-state index in [2.05, 4.69) is 51.4 Å². The van der Waals surface area contributed by atoms with Gasteiger partial charge in [0, 0.05) is 55.6 Å². The molecule has 4 heteroatoms. The first-order chi connectivity index (χ1) is 10.3. The van der Waals surface area contributed by atoms with Gasteiger partial charge in [0.05, 0.1) is 0 Å². The van der Waals surface area contributed by atoms with Gasteiger partial charge in [-0.1, -0.05) is 0 Å². The number of aromatic nitrogens is 2. The molecule has 110 valence electrons. The van der Waals surface area contributed by atoms with E-state index in [1.165, 1.54) is 24.1 Å². The molecule has 3 rings (SSSR count). The highest BCUT2D eigenvalue weighted by Crippen LogP contribution is 2.21. The van der Waals surface area contributed by atoms with Crippen LogP contribution in [0.2, 0.25) is 0 Å². The van der Waals surface area contributed by atoms with Crippen LogP contribution < -0.4 is 10.2 Å². The van der Waals surface area contributed by atoms with Gasteiger partial charge in [0.25, 0.3) is 0 Å². The largest absolute Gasteiger partial charge is 0.371 e. The molecule has 0 amide bonds. The van der Waals surface area contributed by atoms with Gasteiger partial charge in [-0.15, -0.1) is 0 Å². The fraction of sp³-hybridized carbons (Fsp3) is 0.412. The van der Waals surface area contributed by atoms with Crippen LogP contribution in [0.4, 0.5) is 5.69 Å². The van der Waals surface area contributed by atoms with E-state index in [1.807, 2.05) is 24.8 Å². The van der Waals surface area contributed by atoms with Gasteiger partial charge in [0.15, 0.2) is 0 Å². The Bertz CT molecular complexity index is 535. The Morgan fingerprint density at radius 1 is 1.00 bits per heavy atom. The Balaban J connectivity index is 1.52. The topological polar surface area (TPSA) is 41.0 Å². The standard InChI is InChI=1S/C17H22N4/c1-14(15-2-8-18-9-3-15)20-16-6-12-21(13-7-16)17-4-10-19-11-5-17/h2-5,8-11,14,16,20H,6-7,12-13H2,1H3. The third-order valence-corrected chi connectivity index (χ3v) is 4.21. The van der Waals surface area contributed by atoms with Gasteiger partial charge < -0.3 is 10.2 Å². The van der Waals surface area contributed by atoms with Crippen LogP contribution in [0.15, 0.2) is 49.1 Å². The fourth-order valence-electron chi connectivity index (χ4n) is 2.96. The molecule has 0 spiro atoms. The number of hydrogen-bond donors (Lipinski definition) is 1. The summed E-state index contributed by atoms with van der Waals surface area (Å²) < 4.78 is 0. The Hall–Kier alpha value is -1.94. The quantitative estimate of drug-likeness (QED) is 0.936. The summed E-state index contributed by atoms with van der Waals surface area (Å²) in [4.78, 5) is 10.6. The zero-order valence-corrected chi connectivity index (χ0v) is 12.4. The van der Waals surface area contributed by atoms with Crippen molar-refractivity contribution in [2.24, 2.45) is 0 Å². The Morgan fingerprint density at radius 2 is 1.57 bits per heavy atom. The molecule has 1 aliphatic heterocycles. The average Bonchev–Trinajstić information content (AvgIpc) is 2.57. The molecule has 0 aromatic carbocycles. The predicted octanol–water partition coefficient (Wildman–Crippen LogP) is 2.80. The SMILES string of the molecule is CC(NC1CCN(c2ccncc2)CC1)c1ccncc1. The van der Waals surface area contributed by atoms with Crippen LogP contribution in [-0.2, 0) is 0 Å². The van der Waals surface area contributed by atoms with Crippen molar-refractivity contribution in [2.75, 3.05) is 18.0 Å². The van der Waals surface area contributed by atoms with E-state index in [4.69, 9.17) is 0 Å². The Morgan fingerprint density at radius 3 is 2.19 bits per heavy atom. The van der Waals surface area contributed by atoms with Crippen molar-refractivity contribution < 1.29 is 0 Å². The monoisotopic (exact) mass is 282 g/mol. The minimum atomic E-state index is 0.380. The van der Waals surface area contributed by atoms with Gasteiger partial charge in [-0.3, -0.25) is 9.97 Å². The number of nitrogens with zero attached hydrogens (tertiary/aromatic N) is 3. The van der Waals surface area contributed by atoms with E-state index in [1.54, 1.807) is 0 Å². The first-order valence-corrected chi connectivity index (χ1v) is 7.64.